The number of benzene rings is 1. The molecule has 0 unspecified atom stereocenters. The molecule has 5 aromatic rings. The first-order chi connectivity index (χ1) is 20.5. The molecule has 1 aromatic carbocycles. The lowest BCUT2D eigenvalue weighted by molar-refractivity contribution is 0.162. The highest BCUT2D eigenvalue weighted by Crippen LogP contribution is 2.28. The lowest BCUT2D eigenvalue weighted by Gasteiger charge is -2.36. The summed E-state index contributed by atoms with van der Waals surface area (Å²) in [5.74, 6) is 1.12. The van der Waals surface area contributed by atoms with Gasteiger partial charge in [-0.1, -0.05) is 0 Å². The van der Waals surface area contributed by atoms with Gasteiger partial charge in [0.15, 0.2) is 11.4 Å². The Morgan fingerprint density at radius 2 is 1.93 bits per heavy atom. The van der Waals surface area contributed by atoms with Crippen LogP contribution in [0.25, 0.3) is 28.1 Å². The van der Waals surface area contributed by atoms with E-state index in [1.165, 1.54) is 10.6 Å². The number of piperidine rings is 1. The summed E-state index contributed by atoms with van der Waals surface area (Å²) in [4.78, 5) is 22.2. The van der Waals surface area contributed by atoms with Crippen LogP contribution in [0, 0.1) is 5.82 Å². The molecule has 13 heteroatoms. The molecule has 2 saturated heterocycles. The number of aromatic nitrogens is 5. The van der Waals surface area contributed by atoms with Gasteiger partial charge in [-0.15, -0.1) is 0 Å². The van der Waals surface area contributed by atoms with Gasteiger partial charge in [0.05, 0.1) is 17.5 Å². The molecule has 4 aromatic heterocycles. The summed E-state index contributed by atoms with van der Waals surface area (Å²) in [6.07, 6.45) is 3.58. The van der Waals surface area contributed by atoms with E-state index >= 15 is 4.39 Å². The molecule has 3 N–H and O–H groups in total. The molecule has 0 bridgehead atoms. The summed E-state index contributed by atoms with van der Waals surface area (Å²) < 4.78 is 31.3. The van der Waals surface area contributed by atoms with Crippen molar-refractivity contribution in [3.05, 3.63) is 59.0 Å². The van der Waals surface area contributed by atoms with Crippen molar-refractivity contribution in [1.82, 2.24) is 33.9 Å². The van der Waals surface area contributed by atoms with Crippen LogP contribution in [0.5, 0.6) is 5.75 Å². The van der Waals surface area contributed by atoms with Crippen molar-refractivity contribution >= 4 is 28.3 Å². The third-order valence-corrected chi connectivity index (χ3v) is 8.34. The predicted molar refractivity (Wildman–Crippen MR) is 157 cm³/mol. The Bertz CT molecular complexity index is 1780. The number of nitrogens with one attached hydrogen (secondary N) is 1. The molecular weight excluding hydrogens is 541 g/mol. The molecule has 0 atom stereocenters. The largest absolute Gasteiger partial charge is 0.490 e. The lowest BCUT2D eigenvalue weighted by Crippen LogP contribution is -2.47. The number of fused-ring (bicyclic) bond motifs is 3. The minimum atomic E-state index is -0.262. The Kier molecular flexibility index (Phi) is 6.82. The Labute approximate surface area is 241 Å². The van der Waals surface area contributed by atoms with Crippen LogP contribution < -0.4 is 26.4 Å². The van der Waals surface area contributed by atoms with E-state index in [2.05, 4.69) is 25.2 Å². The topological polar surface area (TPSA) is 124 Å². The zero-order valence-electron chi connectivity index (χ0n) is 23.5. The van der Waals surface area contributed by atoms with Crippen LogP contribution in [0.15, 0.2) is 51.9 Å². The number of aryl methyl sites for hydroxylation is 1. The molecule has 6 heterocycles. The number of anilines is 2. The van der Waals surface area contributed by atoms with Crippen molar-refractivity contribution in [2.45, 2.75) is 25.5 Å². The SMILES string of the molecule is Cn1c(=O)n(CCN2CCN(c3ccc(OC4CCNCC4)cc3F)CC2)c2nc(N)n3nc(-c4ccco4)cc3c21. The van der Waals surface area contributed by atoms with Crippen molar-refractivity contribution in [1.29, 1.82) is 0 Å². The molecule has 7 rings (SSSR count). The van der Waals surface area contributed by atoms with Crippen LogP contribution in [-0.2, 0) is 13.6 Å². The van der Waals surface area contributed by atoms with Crippen molar-refractivity contribution in [3.8, 4) is 17.2 Å². The summed E-state index contributed by atoms with van der Waals surface area (Å²) in [5, 5.41) is 7.85. The highest BCUT2D eigenvalue weighted by Gasteiger charge is 2.23. The molecule has 0 aliphatic carbocycles. The minimum Gasteiger partial charge on any atom is -0.490 e. The summed E-state index contributed by atoms with van der Waals surface area (Å²) in [7, 11) is 1.73. The molecule has 0 saturated carbocycles. The van der Waals surface area contributed by atoms with Gasteiger partial charge in [-0.05, 0) is 56.3 Å². The van der Waals surface area contributed by atoms with E-state index in [9.17, 15) is 4.79 Å². The maximum absolute atomic E-state index is 15.1. The average Bonchev–Trinajstić information content (AvgIpc) is 3.73. The molecule has 42 heavy (non-hydrogen) atoms. The van der Waals surface area contributed by atoms with Gasteiger partial charge in [-0.25, -0.2) is 9.18 Å². The van der Waals surface area contributed by atoms with Gasteiger partial charge in [-0.2, -0.15) is 14.6 Å². The molecule has 0 radical (unpaired) electrons. The third kappa shape index (κ3) is 4.77. The van der Waals surface area contributed by atoms with Crippen molar-refractivity contribution in [3.63, 3.8) is 0 Å². The van der Waals surface area contributed by atoms with E-state index in [1.807, 2.05) is 24.3 Å². The maximum atomic E-state index is 15.1. The van der Waals surface area contributed by atoms with Gasteiger partial charge in [0, 0.05) is 52.4 Å². The molecule has 220 valence electrons. The normalized spacial score (nSPS) is 17.0. The fourth-order valence-electron chi connectivity index (χ4n) is 6.05. The number of nitrogens with zero attached hydrogens (tertiary/aromatic N) is 7. The molecule has 0 spiro atoms. The van der Waals surface area contributed by atoms with Crippen LogP contribution in [-0.4, -0.2) is 80.5 Å². The number of piperazine rings is 1. The Hall–Kier alpha value is -4.36. The first-order valence-corrected chi connectivity index (χ1v) is 14.4. The second-order valence-corrected chi connectivity index (χ2v) is 10.9. The third-order valence-electron chi connectivity index (χ3n) is 8.34. The zero-order valence-corrected chi connectivity index (χ0v) is 23.5. The minimum absolute atomic E-state index is 0.131. The monoisotopic (exact) mass is 575 g/mol. The first-order valence-electron chi connectivity index (χ1n) is 14.4. The smallest absolute Gasteiger partial charge is 0.330 e. The number of furan rings is 1. The van der Waals surface area contributed by atoms with Crippen molar-refractivity contribution < 1.29 is 13.5 Å². The van der Waals surface area contributed by atoms with Gasteiger partial charge in [0.1, 0.15) is 28.9 Å². The number of imidazole rings is 1. The van der Waals surface area contributed by atoms with Gasteiger partial charge in [-0.3, -0.25) is 14.0 Å². The number of nitrogen functional groups attached to an aromatic ring is 1. The van der Waals surface area contributed by atoms with E-state index in [1.54, 1.807) is 28.5 Å². The number of nitrogens with two attached hydrogens (primary N) is 1. The zero-order chi connectivity index (χ0) is 28.8. The Morgan fingerprint density at radius 1 is 1.12 bits per heavy atom. The molecule has 0 amide bonds. The standard InChI is InChI=1S/C29H34FN9O3/c1-35-26-24-18-22(25-3-2-16-41-25)34-39(24)28(31)33-27(26)38(29(35)40)15-12-36-10-13-37(14-11-36)23-5-4-20(17-21(23)30)42-19-6-8-32-9-7-19/h2-5,16-19,32H,6-15H2,1H3,(H2,31,33). The number of halogens is 1. The van der Waals surface area contributed by atoms with Gasteiger partial charge < -0.3 is 25.1 Å². The number of hydrogen-bond donors (Lipinski definition) is 2. The van der Waals surface area contributed by atoms with E-state index in [-0.39, 0.29) is 23.6 Å². The second kappa shape index (κ2) is 10.8. The second-order valence-electron chi connectivity index (χ2n) is 10.9. The van der Waals surface area contributed by atoms with Crippen LogP contribution in [0.3, 0.4) is 0 Å². The molecular formula is C29H34FN9O3. The molecule has 2 aliphatic heterocycles. The van der Waals surface area contributed by atoms with Crippen LogP contribution in [0.1, 0.15) is 12.8 Å². The van der Waals surface area contributed by atoms with Crippen molar-refractivity contribution in [2.75, 3.05) is 56.4 Å². The summed E-state index contributed by atoms with van der Waals surface area (Å²) >= 11 is 0. The number of hydrogen-bond acceptors (Lipinski definition) is 9. The number of rotatable bonds is 7. The Balaban J connectivity index is 1.03. The molecule has 12 nitrogen and oxygen atoms in total. The van der Waals surface area contributed by atoms with E-state index in [0.717, 1.165) is 39.0 Å². The molecule has 2 aliphatic rings. The predicted octanol–water partition coefficient (Wildman–Crippen LogP) is 2.32. The van der Waals surface area contributed by atoms with Gasteiger partial charge >= 0.3 is 5.69 Å². The van der Waals surface area contributed by atoms with Crippen LogP contribution in [0.2, 0.25) is 0 Å². The molecule has 2 fully saturated rings. The number of ether oxygens (including phenoxy) is 1. The summed E-state index contributed by atoms with van der Waals surface area (Å²) in [6.45, 7) is 5.84. The summed E-state index contributed by atoms with van der Waals surface area (Å²) in [6, 6.07) is 10.7. The average molecular weight is 576 g/mol. The van der Waals surface area contributed by atoms with Crippen LogP contribution >= 0.6 is 0 Å². The fraction of sp³-hybridized carbons (Fsp3) is 0.414. The maximum Gasteiger partial charge on any atom is 0.330 e. The highest BCUT2D eigenvalue weighted by molar-refractivity contribution is 5.91. The van der Waals surface area contributed by atoms with Crippen LogP contribution in [0.4, 0.5) is 16.0 Å². The van der Waals surface area contributed by atoms with E-state index in [0.29, 0.717) is 65.8 Å². The highest BCUT2D eigenvalue weighted by atomic mass is 19.1. The van der Waals surface area contributed by atoms with Gasteiger partial charge in [0.2, 0.25) is 5.95 Å². The van der Waals surface area contributed by atoms with E-state index in [4.69, 9.17) is 14.9 Å². The lowest BCUT2D eigenvalue weighted by atomic mass is 10.1. The van der Waals surface area contributed by atoms with Crippen molar-refractivity contribution in [2.24, 2.45) is 7.05 Å². The summed E-state index contributed by atoms with van der Waals surface area (Å²) in [5.41, 5.74) is 9.17. The fourth-order valence-corrected chi connectivity index (χ4v) is 6.05. The Morgan fingerprint density at radius 3 is 2.67 bits per heavy atom. The quantitative estimate of drug-likeness (QED) is 0.301. The van der Waals surface area contributed by atoms with E-state index < -0.39 is 0 Å². The first kappa shape index (κ1) is 26.5. The van der Waals surface area contributed by atoms with Gasteiger partial charge in [0.25, 0.3) is 0 Å².